The molecule has 1 aromatic carbocycles. The molecule has 4 rings (SSSR count). The Morgan fingerprint density at radius 1 is 1.36 bits per heavy atom. The molecule has 2 aromatic rings. The molecule has 1 aliphatic heterocycles. The van der Waals surface area contributed by atoms with Crippen LogP contribution in [0.2, 0.25) is 0 Å². The highest BCUT2D eigenvalue weighted by atomic mass is 15.2. The summed E-state index contributed by atoms with van der Waals surface area (Å²) < 4.78 is 0. The van der Waals surface area contributed by atoms with E-state index >= 15 is 0 Å². The number of amidine groups is 1. The number of aromatic nitrogens is 1. The zero-order valence-electron chi connectivity index (χ0n) is 12.5. The molecule has 2 aliphatic rings. The Hall–Kier alpha value is -2.69. The van der Waals surface area contributed by atoms with Gasteiger partial charge in [0.25, 0.3) is 0 Å². The number of fused-ring (bicyclic) bond motifs is 1. The molecule has 1 saturated carbocycles. The van der Waals surface area contributed by atoms with Crippen LogP contribution in [0.4, 0.5) is 0 Å². The van der Waals surface area contributed by atoms with Crippen LogP contribution in [-0.4, -0.2) is 22.8 Å². The van der Waals surface area contributed by atoms with Gasteiger partial charge in [0.05, 0.1) is 11.4 Å². The van der Waals surface area contributed by atoms with Gasteiger partial charge in [-0.15, -0.1) is 0 Å². The Labute approximate surface area is 129 Å². The van der Waals surface area contributed by atoms with Crippen molar-refractivity contribution in [1.82, 2.24) is 9.88 Å². The average Bonchev–Trinajstić information content (AvgIpc) is 3.24. The minimum Gasteiger partial charge on any atom is -0.395 e. The van der Waals surface area contributed by atoms with Crippen molar-refractivity contribution in [2.45, 2.75) is 18.8 Å². The zero-order chi connectivity index (χ0) is 15.3. The van der Waals surface area contributed by atoms with E-state index < -0.39 is 0 Å². The van der Waals surface area contributed by atoms with Crippen molar-refractivity contribution in [2.24, 2.45) is 16.5 Å². The number of aromatic amines is 1. The van der Waals surface area contributed by atoms with Gasteiger partial charge in [0, 0.05) is 30.4 Å². The number of nitrogens with two attached hydrogens (primary N) is 2. The highest BCUT2D eigenvalue weighted by molar-refractivity contribution is 6.04. The Morgan fingerprint density at radius 3 is 2.91 bits per heavy atom. The summed E-state index contributed by atoms with van der Waals surface area (Å²) in [6.07, 6.45) is 6.06. The molecule has 0 unspecified atom stereocenters. The van der Waals surface area contributed by atoms with Gasteiger partial charge in [0.1, 0.15) is 11.5 Å². The van der Waals surface area contributed by atoms with E-state index in [0.29, 0.717) is 17.5 Å². The molecular formula is C17H19N5. The van der Waals surface area contributed by atoms with E-state index in [4.69, 9.17) is 11.5 Å². The molecule has 5 N–H and O–H groups in total. The minimum absolute atomic E-state index is 0.434. The first-order chi connectivity index (χ1) is 10.6. The summed E-state index contributed by atoms with van der Waals surface area (Å²) in [5, 5.41) is 1.19. The summed E-state index contributed by atoms with van der Waals surface area (Å²) in [6, 6.07) is 8.52. The molecule has 0 saturated heterocycles. The van der Waals surface area contributed by atoms with Crippen LogP contribution in [0.15, 0.2) is 47.4 Å². The lowest BCUT2D eigenvalue weighted by atomic mass is 10.1. The first-order valence-electron chi connectivity index (χ1n) is 7.50. The van der Waals surface area contributed by atoms with Gasteiger partial charge in [-0.3, -0.25) is 0 Å². The highest BCUT2D eigenvalue weighted by Crippen LogP contribution is 2.43. The Morgan fingerprint density at radius 2 is 2.18 bits per heavy atom. The largest absolute Gasteiger partial charge is 0.395 e. The maximum absolute atomic E-state index is 6.37. The van der Waals surface area contributed by atoms with E-state index in [1.807, 2.05) is 18.1 Å². The monoisotopic (exact) mass is 293 g/mol. The second kappa shape index (κ2) is 4.66. The van der Waals surface area contributed by atoms with Gasteiger partial charge in [-0.05, 0) is 30.4 Å². The van der Waals surface area contributed by atoms with Crippen LogP contribution < -0.4 is 11.5 Å². The summed E-state index contributed by atoms with van der Waals surface area (Å²) >= 11 is 0. The third-order valence-corrected chi connectivity index (χ3v) is 4.35. The molecule has 0 amide bonds. The Kier molecular flexibility index (Phi) is 2.76. The summed E-state index contributed by atoms with van der Waals surface area (Å²) in [7, 11) is 1.92. The van der Waals surface area contributed by atoms with Crippen molar-refractivity contribution in [3.8, 4) is 0 Å². The average molecular weight is 293 g/mol. The molecule has 0 radical (unpaired) electrons. The standard InChI is InChI=1S/C17H19N5/c1-22-8-7-20-17(19)16(22)14(18)13-9-11-3-2-4-12(10-5-6-10)15(11)21-13/h2-4,7-10,21H,5-6,18H2,1H3,(H2,19,20)/b16-14-. The second-order valence-electron chi connectivity index (χ2n) is 5.95. The fraction of sp³-hybridized carbons (Fsp3) is 0.235. The van der Waals surface area contributed by atoms with Crippen LogP contribution in [0.3, 0.4) is 0 Å². The van der Waals surface area contributed by atoms with Crippen molar-refractivity contribution in [1.29, 1.82) is 0 Å². The number of benzene rings is 1. The summed E-state index contributed by atoms with van der Waals surface area (Å²) in [5.74, 6) is 1.12. The third-order valence-electron chi connectivity index (χ3n) is 4.35. The zero-order valence-corrected chi connectivity index (χ0v) is 12.5. The van der Waals surface area contributed by atoms with Gasteiger partial charge in [0.2, 0.25) is 0 Å². The van der Waals surface area contributed by atoms with Crippen molar-refractivity contribution in [2.75, 3.05) is 7.05 Å². The lowest BCUT2D eigenvalue weighted by molar-refractivity contribution is 0.590. The number of hydrogen-bond acceptors (Lipinski definition) is 4. The Balaban J connectivity index is 1.86. The molecule has 112 valence electrons. The molecule has 0 bridgehead atoms. The van der Waals surface area contributed by atoms with Crippen LogP contribution in [0.5, 0.6) is 0 Å². The smallest absolute Gasteiger partial charge is 0.149 e. The van der Waals surface area contributed by atoms with Crippen molar-refractivity contribution < 1.29 is 0 Å². The molecule has 1 aromatic heterocycles. The van der Waals surface area contributed by atoms with E-state index in [1.165, 1.54) is 29.3 Å². The number of nitrogens with zero attached hydrogens (tertiary/aromatic N) is 2. The van der Waals surface area contributed by atoms with Gasteiger partial charge in [-0.1, -0.05) is 18.2 Å². The molecule has 2 heterocycles. The van der Waals surface area contributed by atoms with E-state index in [9.17, 15) is 0 Å². The fourth-order valence-corrected chi connectivity index (χ4v) is 3.04. The number of para-hydroxylation sites is 1. The lowest BCUT2D eigenvalue weighted by Gasteiger charge is -2.22. The fourth-order valence-electron chi connectivity index (χ4n) is 3.04. The van der Waals surface area contributed by atoms with Gasteiger partial charge >= 0.3 is 0 Å². The molecule has 1 fully saturated rings. The normalized spacial score (nSPS) is 20.4. The van der Waals surface area contributed by atoms with Gasteiger partial charge in [0.15, 0.2) is 0 Å². The first-order valence-corrected chi connectivity index (χ1v) is 7.50. The van der Waals surface area contributed by atoms with Crippen LogP contribution in [0, 0.1) is 0 Å². The molecule has 5 nitrogen and oxygen atoms in total. The number of H-pyrrole nitrogens is 1. The molecule has 22 heavy (non-hydrogen) atoms. The van der Waals surface area contributed by atoms with Crippen LogP contribution in [-0.2, 0) is 0 Å². The van der Waals surface area contributed by atoms with Crippen molar-refractivity contribution in [3.63, 3.8) is 0 Å². The summed E-state index contributed by atoms with van der Waals surface area (Å²) in [5.41, 5.74) is 17.2. The lowest BCUT2D eigenvalue weighted by Crippen LogP contribution is -2.30. The Bertz CT molecular complexity index is 836. The number of rotatable bonds is 2. The van der Waals surface area contributed by atoms with Gasteiger partial charge in [-0.25, -0.2) is 4.99 Å². The summed E-state index contributed by atoms with van der Waals surface area (Å²) in [6.45, 7) is 0. The van der Waals surface area contributed by atoms with Crippen molar-refractivity contribution >= 4 is 22.4 Å². The minimum atomic E-state index is 0.434. The molecule has 5 heteroatoms. The maximum Gasteiger partial charge on any atom is 0.149 e. The predicted octanol–water partition coefficient (Wildman–Crippen LogP) is 2.45. The van der Waals surface area contributed by atoms with E-state index in [1.54, 1.807) is 6.20 Å². The van der Waals surface area contributed by atoms with E-state index in [2.05, 4.69) is 34.2 Å². The maximum atomic E-state index is 6.37. The van der Waals surface area contributed by atoms with Gasteiger partial charge in [-0.2, -0.15) is 0 Å². The number of likely N-dealkylation sites (N-methyl/N-ethyl adjacent to an activating group) is 1. The third kappa shape index (κ3) is 1.97. The van der Waals surface area contributed by atoms with Gasteiger partial charge < -0.3 is 21.4 Å². The van der Waals surface area contributed by atoms with Crippen LogP contribution in [0.25, 0.3) is 16.6 Å². The number of hydrogen-bond donors (Lipinski definition) is 3. The topological polar surface area (TPSA) is 83.4 Å². The SMILES string of the molecule is CN1C=CN=C(N)/C1=C(/N)c1cc2cccc(C3CC3)c2[nH]1. The van der Waals surface area contributed by atoms with Crippen LogP contribution >= 0.6 is 0 Å². The van der Waals surface area contributed by atoms with Crippen molar-refractivity contribution in [3.05, 3.63) is 53.6 Å². The van der Waals surface area contributed by atoms with E-state index in [0.717, 1.165) is 11.4 Å². The molecule has 0 atom stereocenters. The summed E-state index contributed by atoms with van der Waals surface area (Å²) in [4.78, 5) is 9.51. The predicted molar refractivity (Wildman–Crippen MR) is 89.9 cm³/mol. The van der Waals surface area contributed by atoms with Crippen LogP contribution in [0.1, 0.15) is 30.0 Å². The first kappa shape index (κ1) is 13.0. The second-order valence-corrected chi connectivity index (χ2v) is 5.95. The van der Waals surface area contributed by atoms with E-state index in [-0.39, 0.29) is 0 Å². The molecule has 1 aliphatic carbocycles. The number of nitrogens with one attached hydrogen (secondary N) is 1. The highest BCUT2D eigenvalue weighted by Gasteiger charge is 2.26. The quantitative estimate of drug-likeness (QED) is 0.795. The molecular weight excluding hydrogens is 274 g/mol. The number of aliphatic imine (C=N–C) groups is 1. The molecule has 0 spiro atoms.